The summed E-state index contributed by atoms with van der Waals surface area (Å²) in [5, 5.41) is 0.349. The molecule has 1 fully saturated rings. The van der Waals surface area contributed by atoms with Crippen molar-refractivity contribution in [2.24, 2.45) is 0 Å². The molecule has 9 heteroatoms. The summed E-state index contributed by atoms with van der Waals surface area (Å²) in [5.74, 6) is 1.37. The van der Waals surface area contributed by atoms with Crippen LogP contribution in [0.4, 0.5) is 0 Å². The predicted octanol–water partition coefficient (Wildman–Crippen LogP) is 2.06. The number of fused-ring (bicyclic) bond motifs is 1. The Balaban J connectivity index is 1.65. The lowest BCUT2D eigenvalue weighted by Gasteiger charge is -2.37. The van der Waals surface area contributed by atoms with Crippen LogP contribution in [0.25, 0.3) is 0 Å². The largest absolute Gasteiger partial charge is 0.489 e. The summed E-state index contributed by atoms with van der Waals surface area (Å²) in [7, 11) is -1.67. The zero-order valence-electron chi connectivity index (χ0n) is 14.6. The van der Waals surface area contributed by atoms with Crippen LogP contribution in [0.2, 0.25) is 5.02 Å². The van der Waals surface area contributed by atoms with E-state index in [0.717, 1.165) is 11.4 Å². The molecule has 0 bridgehead atoms. The van der Waals surface area contributed by atoms with Gasteiger partial charge in [-0.3, -0.25) is 4.90 Å². The SMILES string of the molecule is CC1Cc2cc(S(=O)(=O)N3CCN(C)C(c4ncc[nH]4)C3)cc(Cl)c2O1. The van der Waals surface area contributed by atoms with Crippen molar-refractivity contribution >= 4 is 21.6 Å². The van der Waals surface area contributed by atoms with Crippen molar-refractivity contribution in [1.82, 2.24) is 19.2 Å². The van der Waals surface area contributed by atoms with Gasteiger partial charge in [-0.2, -0.15) is 4.31 Å². The molecule has 140 valence electrons. The molecule has 1 aromatic carbocycles. The van der Waals surface area contributed by atoms with Crippen LogP contribution in [0.5, 0.6) is 5.75 Å². The van der Waals surface area contributed by atoms with Crippen LogP contribution in [0.1, 0.15) is 24.4 Å². The van der Waals surface area contributed by atoms with Gasteiger partial charge < -0.3 is 9.72 Å². The summed E-state index contributed by atoms with van der Waals surface area (Å²) >= 11 is 6.29. The summed E-state index contributed by atoms with van der Waals surface area (Å²) in [5.41, 5.74) is 0.847. The minimum atomic E-state index is -3.65. The molecule has 2 atom stereocenters. The van der Waals surface area contributed by atoms with Gasteiger partial charge in [0, 0.05) is 44.0 Å². The molecule has 2 aliphatic rings. The molecule has 4 rings (SSSR count). The molecule has 2 aliphatic heterocycles. The van der Waals surface area contributed by atoms with Crippen LogP contribution in [-0.2, 0) is 16.4 Å². The fraction of sp³-hybridized carbons (Fsp3) is 0.471. The fourth-order valence-electron chi connectivity index (χ4n) is 3.58. The number of hydrogen-bond acceptors (Lipinski definition) is 5. The lowest BCUT2D eigenvalue weighted by Crippen LogP contribution is -2.49. The van der Waals surface area contributed by atoms with Crippen molar-refractivity contribution in [1.29, 1.82) is 0 Å². The van der Waals surface area contributed by atoms with Crippen LogP contribution >= 0.6 is 11.6 Å². The summed E-state index contributed by atoms with van der Waals surface area (Å²) in [6.45, 7) is 3.34. The van der Waals surface area contributed by atoms with E-state index in [0.29, 0.717) is 36.8 Å². The Morgan fingerprint density at radius 3 is 2.88 bits per heavy atom. The number of likely N-dealkylation sites (N-methyl/N-ethyl adjacent to an activating group) is 1. The van der Waals surface area contributed by atoms with E-state index >= 15 is 0 Å². The molecule has 7 nitrogen and oxygen atoms in total. The number of H-pyrrole nitrogens is 1. The highest BCUT2D eigenvalue weighted by molar-refractivity contribution is 7.89. The van der Waals surface area contributed by atoms with Crippen molar-refractivity contribution in [2.45, 2.75) is 30.4 Å². The van der Waals surface area contributed by atoms with E-state index in [1.807, 2.05) is 14.0 Å². The maximum Gasteiger partial charge on any atom is 0.243 e. The Hall–Kier alpha value is -1.61. The van der Waals surface area contributed by atoms with Crippen molar-refractivity contribution in [2.75, 3.05) is 26.7 Å². The van der Waals surface area contributed by atoms with Crippen molar-refractivity contribution in [3.05, 3.63) is 40.9 Å². The lowest BCUT2D eigenvalue weighted by atomic mass is 10.1. The summed E-state index contributed by atoms with van der Waals surface area (Å²) < 4.78 is 33.6. The van der Waals surface area contributed by atoms with Crippen molar-refractivity contribution < 1.29 is 13.2 Å². The molecule has 0 amide bonds. The Kier molecular flexibility index (Phi) is 4.46. The molecule has 2 unspecified atom stereocenters. The number of nitrogens with zero attached hydrogens (tertiary/aromatic N) is 3. The second-order valence-corrected chi connectivity index (χ2v) is 9.20. The smallest absolute Gasteiger partial charge is 0.243 e. The van der Waals surface area contributed by atoms with Gasteiger partial charge >= 0.3 is 0 Å². The molecule has 26 heavy (non-hydrogen) atoms. The molecule has 2 aromatic rings. The first kappa shape index (κ1) is 17.8. The van der Waals surface area contributed by atoms with Gasteiger partial charge in [-0.15, -0.1) is 0 Å². The average molecular weight is 397 g/mol. The van der Waals surface area contributed by atoms with Crippen LogP contribution < -0.4 is 4.74 Å². The number of sulfonamides is 1. The number of piperazine rings is 1. The monoisotopic (exact) mass is 396 g/mol. The highest BCUT2D eigenvalue weighted by atomic mass is 35.5. The number of ether oxygens (including phenoxy) is 1. The second kappa shape index (κ2) is 6.53. The fourth-order valence-corrected chi connectivity index (χ4v) is 5.44. The van der Waals surface area contributed by atoms with E-state index in [1.165, 1.54) is 10.4 Å². The predicted molar refractivity (Wildman–Crippen MR) is 98.0 cm³/mol. The molecule has 0 radical (unpaired) electrons. The lowest BCUT2D eigenvalue weighted by molar-refractivity contribution is 0.142. The number of imidazole rings is 1. The maximum absolute atomic E-state index is 13.2. The van der Waals surface area contributed by atoms with E-state index in [4.69, 9.17) is 16.3 Å². The Morgan fingerprint density at radius 1 is 1.35 bits per heavy atom. The number of rotatable bonds is 3. The molecular weight excluding hydrogens is 376 g/mol. The number of aromatic amines is 1. The van der Waals surface area contributed by atoms with E-state index < -0.39 is 10.0 Å². The number of nitrogens with one attached hydrogen (secondary N) is 1. The Morgan fingerprint density at radius 2 is 2.15 bits per heavy atom. The summed E-state index contributed by atoms with van der Waals surface area (Å²) in [6, 6.07) is 3.08. The highest BCUT2D eigenvalue weighted by Crippen LogP contribution is 2.39. The van der Waals surface area contributed by atoms with Crippen LogP contribution in [-0.4, -0.2) is 60.4 Å². The third kappa shape index (κ3) is 3.00. The van der Waals surface area contributed by atoms with Gasteiger partial charge in [-0.05, 0) is 26.1 Å². The molecule has 3 heterocycles. The number of halogens is 1. The first-order valence-electron chi connectivity index (χ1n) is 8.55. The van der Waals surface area contributed by atoms with Crippen LogP contribution in [0.3, 0.4) is 0 Å². The quantitative estimate of drug-likeness (QED) is 0.859. The first-order chi connectivity index (χ1) is 12.4. The Labute approximate surface area is 158 Å². The average Bonchev–Trinajstić information content (AvgIpc) is 3.24. The zero-order chi connectivity index (χ0) is 18.5. The van der Waals surface area contributed by atoms with Gasteiger partial charge in [-0.25, -0.2) is 13.4 Å². The summed E-state index contributed by atoms with van der Waals surface area (Å²) in [6.07, 6.45) is 4.10. The van der Waals surface area contributed by atoms with Crippen LogP contribution in [0, 0.1) is 0 Å². The molecule has 0 aliphatic carbocycles. The summed E-state index contributed by atoms with van der Waals surface area (Å²) in [4.78, 5) is 9.71. The highest BCUT2D eigenvalue weighted by Gasteiger charge is 2.36. The normalized spacial score (nSPS) is 24.4. The number of aromatic nitrogens is 2. The zero-order valence-corrected chi connectivity index (χ0v) is 16.2. The molecular formula is C17H21ClN4O3S. The van der Waals surface area contributed by atoms with Gasteiger partial charge in [0.25, 0.3) is 0 Å². The molecule has 1 saturated heterocycles. The molecule has 1 aromatic heterocycles. The van der Waals surface area contributed by atoms with Gasteiger partial charge in [0.2, 0.25) is 10.0 Å². The standard InChI is InChI=1S/C17H21ClN4O3S/c1-11-7-12-8-13(9-14(18)16(12)25-11)26(23,24)22-6-5-21(2)15(10-22)17-19-3-4-20-17/h3-4,8-9,11,15H,5-7,10H2,1-2H3,(H,19,20). The Bertz CT molecular complexity index is 916. The second-order valence-electron chi connectivity index (χ2n) is 6.86. The van der Waals surface area contributed by atoms with Gasteiger partial charge in [0.15, 0.2) is 0 Å². The number of hydrogen-bond donors (Lipinski definition) is 1. The number of benzene rings is 1. The van der Waals surface area contributed by atoms with Crippen LogP contribution in [0.15, 0.2) is 29.4 Å². The van der Waals surface area contributed by atoms with Crippen molar-refractivity contribution in [3.8, 4) is 5.75 Å². The van der Waals surface area contributed by atoms with E-state index in [2.05, 4.69) is 14.9 Å². The first-order valence-corrected chi connectivity index (χ1v) is 10.4. The van der Waals surface area contributed by atoms with E-state index in [9.17, 15) is 8.42 Å². The third-order valence-corrected chi connectivity index (χ3v) is 7.13. The maximum atomic E-state index is 13.2. The van der Waals surface area contributed by atoms with Gasteiger partial charge in [-0.1, -0.05) is 11.6 Å². The van der Waals surface area contributed by atoms with E-state index in [1.54, 1.807) is 18.5 Å². The minimum Gasteiger partial charge on any atom is -0.489 e. The van der Waals surface area contributed by atoms with E-state index in [-0.39, 0.29) is 17.0 Å². The topological polar surface area (TPSA) is 78.5 Å². The molecule has 1 N–H and O–H groups in total. The molecule has 0 saturated carbocycles. The minimum absolute atomic E-state index is 0.00687. The van der Waals surface area contributed by atoms with Crippen molar-refractivity contribution in [3.63, 3.8) is 0 Å². The molecule has 0 spiro atoms. The van der Waals surface area contributed by atoms with Gasteiger partial charge in [0.1, 0.15) is 17.7 Å². The van der Waals surface area contributed by atoms with Gasteiger partial charge in [0.05, 0.1) is 16.0 Å². The third-order valence-electron chi connectivity index (χ3n) is 5.00.